The van der Waals surface area contributed by atoms with Crippen molar-refractivity contribution in [2.24, 2.45) is 0 Å². The van der Waals surface area contributed by atoms with Crippen LogP contribution in [0.25, 0.3) is 0 Å². The van der Waals surface area contributed by atoms with E-state index in [-0.39, 0.29) is 16.5 Å². The molecule has 3 N–H and O–H groups in total. The molecule has 2 fully saturated rings. The first-order valence-electron chi connectivity index (χ1n) is 13.4. The maximum Gasteiger partial charge on any atom is 0.339 e. The second-order valence-corrected chi connectivity index (χ2v) is 10.9. The van der Waals surface area contributed by atoms with Crippen LogP contribution in [0, 0.1) is 6.92 Å². The summed E-state index contributed by atoms with van der Waals surface area (Å²) in [5.41, 5.74) is 0.438. The molecule has 196 valence electrons. The lowest BCUT2D eigenvalue weighted by molar-refractivity contribution is 0.0593. The third kappa shape index (κ3) is 7.67. The maximum atomic E-state index is 13.3. The first-order chi connectivity index (χ1) is 16.9. The zero-order valence-corrected chi connectivity index (χ0v) is 22.2. The predicted octanol–water partition coefficient (Wildman–Crippen LogP) is 5.33. The van der Waals surface area contributed by atoms with Gasteiger partial charge < -0.3 is 20.2 Å². The van der Waals surface area contributed by atoms with Crippen LogP contribution < -0.4 is 10.6 Å². The number of carboxylic acid groups (broad SMARTS) is 1. The summed E-state index contributed by atoms with van der Waals surface area (Å²) in [6.07, 6.45) is 12.5. The number of urea groups is 1. The number of unbranched alkanes of at least 4 members (excludes halogenated alkanes) is 5. The van der Waals surface area contributed by atoms with Crippen molar-refractivity contribution >= 4 is 34.2 Å². The van der Waals surface area contributed by atoms with Crippen molar-refractivity contribution in [1.29, 1.82) is 0 Å². The van der Waals surface area contributed by atoms with E-state index in [0.29, 0.717) is 36.1 Å². The highest BCUT2D eigenvalue weighted by atomic mass is 32.1. The van der Waals surface area contributed by atoms with Gasteiger partial charge in [-0.15, -0.1) is 11.3 Å². The van der Waals surface area contributed by atoms with Crippen LogP contribution in [-0.4, -0.2) is 71.6 Å². The van der Waals surface area contributed by atoms with Gasteiger partial charge in [0.05, 0.1) is 10.4 Å². The summed E-state index contributed by atoms with van der Waals surface area (Å²) in [7, 11) is 0. The summed E-state index contributed by atoms with van der Waals surface area (Å²) in [6.45, 7) is 8.06. The lowest BCUT2D eigenvalue weighted by Gasteiger charge is -2.40. The SMILES string of the molecule is CCCCCCCCNC(=O)Nc1sc(C(=O)N2CCC(N3CCCCC3)CC2)c(C)c1C(=O)O. The van der Waals surface area contributed by atoms with Gasteiger partial charge in [-0.05, 0) is 57.7 Å². The summed E-state index contributed by atoms with van der Waals surface area (Å²) in [5.74, 6) is -1.26. The molecule has 2 aliphatic rings. The Morgan fingerprint density at radius 3 is 2.29 bits per heavy atom. The zero-order valence-electron chi connectivity index (χ0n) is 21.4. The summed E-state index contributed by atoms with van der Waals surface area (Å²) >= 11 is 1.07. The van der Waals surface area contributed by atoms with Gasteiger partial charge in [0.2, 0.25) is 0 Å². The van der Waals surface area contributed by atoms with E-state index >= 15 is 0 Å². The molecular weight excluding hydrogens is 464 g/mol. The van der Waals surface area contributed by atoms with Gasteiger partial charge in [0.25, 0.3) is 5.91 Å². The number of thiophene rings is 1. The Morgan fingerprint density at radius 2 is 1.63 bits per heavy atom. The average molecular weight is 507 g/mol. The molecule has 0 radical (unpaired) electrons. The Hall–Kier alpha value is -2.13. The van der Waals surface area contributed by atoms with Crippen LogP contribution in [0.5, 0.6) is 0 Å². The molecule has 3 amide bonds. The molecule has 0 saturated carbocycles. The van der Waals surface area contributed by atoms with E-state index in [1.54, 1.807) is 6.92 Å². The molecule has 35 heavy (non-hydrogen) atoms. The van der Waals surface area contributed by atoms with E-state index in [1.807, 2.05) is 4.90 Å². The predicted molar refractivity (Wildman–Crippen MR) is 141 cm³/mol. The highest BCUT2D eigenvalue weighted by molar-refractivity contribution is 7.18. The third-order valence-corrected chi connectivity index (χ3v) is 8.45. The quantitative estimate of drug-likeness (QED) is 0.352. The van der Waals surface area contributed by atoms with E-state index in [9.17, 15) is 19.5 Å². The summed E-state index contributed by atoms with van der Waals surface area (Å²) in [4.78, 5) is 42.4. The number of carbonyl (C=O) groups excluding carboxylic acids is 2. The highest BCUT2D eigenvalue weighted by Gasteiger charge is 2.31. The van der Waals surface area contributed by atoms with Crippen LogP contribution in [0.1, 0.15) is 103 Å². The van der Waals surface area contributed by atoms with Crippen molar-refractivity contribution in [3.05, 3.63) is 16.0 Å². The Morgan fingerprint density at radius 1 is 0.971 bits per heavy atom. The number of anilines is 1. The summed E-state index contributed by atoms with van der Waals surface area (Å²) in [6, 6.07) is 0.106. The molecule has 0 bridgehead atoms. The van der Waals surface area contributed by atoms with Crippen molar-refractivity contribution in [1.82, 2.24) is 15.1 Å². The first kappa shape index (κ1) is 27.5. The van der Waals surface area contributed by atoms with E-state index in [1.165, 1.54) is 38.5 Å². The molecule has 9 heteroatoms. The molecular formula is C26H42N4O4S. The minimum absolute atomic E-state index is 0.0104. The topological polar surface area (TPSA) is 102 Å². The van der Waals surface area contributed by atoms with E-state index in [2.05, 4.69) is 22.5 Å². The van der Waals surface area contributed by atoms with Gasteiger partial charge >= 0.3 is 12.0 Å². The fourth-order valence-corrected chi connectivity index (χ4v) is 6.34. The Kier molecular flexibility index (Phi) is 10.8. The lowest BCUT2D eigenvalue weighted by Crippen LogP contribution is -2.48. The van der Waals surface area contributed by atoms with Crippen molar-refractivity contribution in [3.63, 3.8) is 0 Å². The normalized spacial score (nSPS) is 17.4. The molecule has 1 aromatic rings. The van der Waals surface area contributed by atoms with Crippen molar-refractivity contribution in [2.75, 3.05) is 38.0 Å². The Labute approximate surface area is 213 Å². The van der Waals surface area contributed by atoms with E-state index < -0.39 is 12.0 Å². The number of piperidine rings is 2. The standard InChI is InChI=1S/C26H42N4O4S/c1-3-4-5-6-7-9-14-27-26(34)28-23-21(25(32)33)19(2)22(35-23)24(31)30-17-12-20(13-18-30)29-15-10-8-11-16-29/h20H,3-18H2,1-2H3,(H,32,33)(H2,27,28,34). The second-order valence-electron chi connectivity index (χ2n) is 9.83. The van der Waals surface area contributed by atoms with Crippen LogP contribution >= 0.6 is 11.3 Å². The molecule has 3 heterocycles. The van der Waals surface area contributed by atoms with E-state index in [0.717, 1.165) is 56.5 Å². The fraction of sp³-hybridized carbons (Fsp3) is 0.731. The number of amides is 3. The highest BCUT2D eigenvalue weighted by Crippen LogP contribution is 2.34. The maximum absolute atomic E-state index is 13.3. The van der Waals surface area contributed by atoms with Crippen molar-refractivity contribution in [2.45, 2.75) is 90.5 Å². The van der Waals surface area contributed by atoms with Gasteiger partial charge in [-0.25, -0.2) is 9.59 Å². The molecule has 0 spiro atoms. The molecule has 0 aromatic carbocycles. The fourth-order valence-electron chi connectivity index (χ4n) is 5.18. The summed E-state index contributed by atoms with van der Waals surface area (Å²) < 4.78 is 0. The van der Waals surface area contributed by atoms with Crippen LogP contribution in [0.15, 0.2) is 0 Å². The van der Waals surface area contributed by atoms with Crippen LogP contribution in [0.4, 0.5) is 9.80 Å². The molecule has 1 aromatic heterocycles. The molecule has 0 atom stereocenters. The molecule has 2 saturated heterocycles. The number of hydrogen-bond acceptors (Lipinski definition) is 5. The zero-order chi connectivity index (χ0) is 25.2. The minimum atomic E-state index is -1.13. The second kappa shape index (κ2) is 13.8. The van der Waals surface area contributed by atoms with Crippen LogP contribution in [0.2, 0.25) is 0 Å². The van der Waals surface area contributed by atoms with Gasteiger partial charge in [0, 0.05) is 25.7 Å². The largest absolute Gasteiger partial charge is 0.478 e. The molecule has 0 aliphatic carbocycles. The number of carbonyl (C=O) groups is 3. The van der Waals surface area contributed by atoms with Crippen LogP contribution in [0.3, 0.4) is 0 Å². The Balaban J connectivity index is 1.55. The van der Waals surface area contributed by atoms with Gasteiger partial charge in [-0.1, -0.05) is 45.4 Å². The number of aromatic carboxylic acids is 1. The molecule has 0 unspecified atom stereocenters. The number of nitrogens with zero attached hydrogens (tertiary/aromatic N) is 2. The number of rotatable bonds is 11. The average Bonchev–Trinajstić information content (AvgIpc) is 3.19. The van der Waals surface area contributed by atoms with Crippen molar-refractivity contribution < 1.29 is 19.5 Å². The van der Waals surface area contributed by atoms with Gasteiger partial charge in [0.1, 0.15) is 5.00 Å². The number of nitrogens with one attached hydrogen (secondary N) is 2. The van der Waals surface area contributed by atoms with Gasteiger partial charge in [-0.3, -0.25) is 10.1 Å². The molecule has 8 nitrogen and oxygen atoms in total. The number of likely N-dealkylation sites (tertiary alicyclic amines) is 2. The third-order valence-electron chi connectivity index (χ3n) is 7.26. The van der Waals surface area contributed by atoms with Crippen molar-refractivity contribution in [3.8, 4) is 0 Å². The smallest absolute Gasteiger partial charge is 0.339 e. The lowest BCUT2D eigenvalue weighted by atomic mass is 9.99. The van der Waals surface area contributed by atoms with Crippen LogP contribution in [-0.2, 0) is 0 Å². The summed E-state index contributed by atoms with van der Waals surface area (Å²) in [5, 5.41) is 15.5. The monoisotopic (exact) mass is 506 g/mol. The van der Waals surface area contributed by atoms with Gasteiger partial charge in [0.15, 0.2) is 0 Å². The first-order valence-corrected chi connectivity index (χ1v) is 14.2. The number of carboxylic acids is 1. The van der Waals surface area contributed by atoms with Gasteiger partial charge in [-0.2, -0.15) is 0 Å². The van der Waals surface area contributed by atoms with E-state index in [4.69, 9.17) is 0 Å². The Bertz CT molecular complexity index is 858. The molecule has 3 rings (SSSR count). The minimum Gasteiger partial charge on any atom is -0.478 e. The molecule has 2 aliphatic heterocycles. The number of hydrogen-bond donors (Lipinski definition) is 3.